The minimum absolute atomic E-state index is 0.256. The van der Waals surface area contributed by atoms with Crippen LogP contribution < -0.4 is 10.3 Å². The molecular weight excluding hydrogens is 430 g/mol. The SMILES string of the molecule is CCOC(=O)c1c(C2CC2)csc1NC(=O)COC(=O)c1ccc(N2CCC(C)=N2)cc1. The quantitative estimate of drug-likeness (QED) is 0.600. The van der Waals surface area contributed by atoms with Crippen molar-refractivity contribution in [2.45, 2.75) is 39.0 Å². The van der Waals surface area contributed by atoms with Crippen LogP contribution in [0.15, 0.2) is 34.7 Å². The third-order valence-electron chi connectivity index (χ3n) is 5.28. The van der Waals surface area contributed by atoms with Crippen molar-refractivity contribution in [2.75, 3.05) is 30.1 Å². The smallest absolute Gasteiger partial charge is 0.341 e. The molecule has 1 N–H and O–H groups in total. The van der Waals surface area contributed by atoms with E-state index in [0.29, 0.717) is 22.0 Å². The maximum absolute atomic E-state index is 12.4. The number of hydrogen-bond acceptors (Lipinski definition) is 8. The Morgan fingerprint density at radius 2 is 1.91 bits per heavy atom. The van der Waals surface area contributed by atoms with Gasteiger partial charge < -0.3 is 14.8 Å². The van der Waals surface area contributed by atoms with E-state index in [9.17, 15) is 14.4 Å². The van der Waals surface area contributed by atoms with Crippen LogP contribution in [0.5, 0.6) is 0 Å². The molecule has 0 saturated heterocycles. The van der Waals surface area contributed by atoms with Gasteiger partial charge in [0.25, 0.3) is 5.91 Å². The van der Waals surface area contributed by atoms with Crippen LogP contribution in [0.4, 0.5) is 10.7 Å². The minimum atomic E-state index is -0.594. The van der Waals surface area contributed by atoms with Gasteiger partial charge in [-0.15, -0.1) is 11.3 Å². The van der Waals surface area contributed by atoms with Crippen molar-refractivity contribution in [1.82, 2.24) is 0 Å². The van der Waals surface area contributed by atoms with Gasteiger partial charge in [-0.2, -0.15) is 5.10 Å². The monoisotopic (exact) mass is 455 g/mol. The number of hydrazone groups is 1. The predicted molar refractivity (Wildman–Crippen MR) is 123 cm³/mol. The predicted octanol–water partition coefficient (Wildman–Crippen LogP) is 4.18. The van der Waals surface area contributed by atoms with Crippen molar-refractivity contribution in [3.8, 4) is 0 Å². The number of carbonyl (C=O) groups is 3. The highest BCUT2D eigenvalue weighted by Gasteiger charge is 2.32. The topological polar surface area (TPSA) is 97.3 Å². The Labute approximate surface area is 190 Å². The molecule has 2 aromatic rings. The van der Waals surface area contributed by atoms with Crippen LogP contribution in [0, 0.1) is 0 Å². The summed E-state index contributed by atoms with van der Waals surface area (Å²) in [6, 6.07) is 6.91. The lowest BCUT2D eigenvalue weighted by Crippen LogP contribution is -2.22. The molecule has 1 aromatic heterocycles. The molecule has 4 rings (SSSR count). The fourth-order valence-electron chi connectivity index (χ4n) is 3.48. The Morgan fingerprint density at radius 1 is 1.16 bits per heavy atom. The Kier molecular flexibility index (Phi) is 6.55. The molecule has 8 nitrogen and oxygen atoms in total. The van der Waals surface area contributed by atoms with E-state index in [2.05, 4.69) is 10.4 Å². The van der Waals surface area contributed by atoms with Crippen molar-refractivity contribution in [1.29, 1.82) is 0 Å². The van der Waals surface area contributed by atoms with E-state index < -0.39 is 24.5 Å². The summed E-state index contributed by atoms with van der Waals surface area (Å²) in [6.07, 6.45) is 2.97. The third-order valence-corrected chi connectivity index (χ3v) is 6.20. The van der Waals surface area contributed by atoms with Gasteiger partial charge in [0.05, 0.1) is 23.4 Å². The van der Waals surface area contributed by atoms with E-state index in [1.54, 1.807) is 31.2 Å². The Balaban J connectivity index is 1.34. The summed E-state index contributed by atoms with van der Waals surface area (Å²) in [4.78, 5) is 37.1. The Hall–Kier alpha value is -3.20. The van der Waals surface area contributed by atoms with Gasteiger partial charge in [-0.05, 0) is 67.8 Å². The van der Waals surface area contributed by atoms with Gasteiger partial charge in [0, 0.05) is 18.7 Å². The van der Waals surface area contributed by atoms with Gasteiger partial charge in [0.1, 0.15) is 5.00 Å². The number of thiophene rings is 1. The summed E-state index contributed by atoms with van der Waals surface area (Å²) in [5.74, 6) is -1.21. The number of esters is 2. The first kappa shape index (κ1) is 22.0. The standard InChI is InChI=1S/C23H25N3O5S/c1-3-30-23(29)20-18(15-4-5-15)13-32-21(20)24-19(27)12-31-22(28)16-6-8-17(9-7-16)26-11-10-14(2)25-26/h6-9,13,15H,3-5,10-12H2,1-2H3,(H,24,27). The number of carbonyl (C=O) groups excluding carboxylic acids is 3. The van der Waals surface area contributed by atoms with Crippen LogP contribution in [-0.4, -0.2) is 43.3 Å². The summed E-state index contributed by atoms with van der Waals surface area (Å²) in [7, 11) is 0. The Morgan fingerprint density at radius 3 is 2.53 bits per heavy atom. The van der Waals surface area contributed by atoms with E-state index in [1.807, 2.05) is 17.3 Å². The van der Waals surface area contributed by atoms with Gasteiger partial charge in [0.2, 0.25) is 0 Å². The molecule has 32 heavy (non-hydrogen) atoms. The second-order valence-corrected chi connectivity index (χ2v) is 8.65. The van der Waals surface area contributed by atoms with E-state index in [1.165, 1.54) is 11.3 Å². The molecule has 1 amide bonds. The average molecular weight is 456 g/mol. The molecule has 0 spiro atoms. The summed E-state index contributed by atoms with van der Waals surface area (Å²) in [6.45, 7) is 4.34. The highest BCUT2D eigenvalue weighted by atomic mass is 32.1. The van der Waals surface area contributed by atoms with Gasteiger partial charge in [-0.3, -0.25) is 9.80 Å². The lowest BCUT2D eigenvalue weighted by Gasteiger charge is -2.13. The van der Waals surface area contributed by atoms with Crippen molar-refractivity contribution >= 4 is 45.6 Å². The first-order valence-electron chi connectivity index (χ1n) is 10.6. The molecule has 0 unspecified atom stereocenters. The second-order valence-electron chi connectivity index (χ2n) is 7.77. The minimum Gasteiger partial charge on any atom is -0.462 e. The lowest BCUT2D eigenvalue weighted by atomic mass is 10.1. The largest absolute Gasteiger partial charge is 0.462 e. The summed E-state index contributed by atoms with van der Waals surface area (Å²) >= 11 is 1.28. The van der Waals surface area contributed by atoms with E-state index in [-0.39, 0.29) is 6.61 Å². The molecule has 1 aliphatic heterocycles. The molecule has 2 heterocycles. The normalized spacial score (nSPS) is 15.3. The van der Waals surface area contributed by atoms with Gasteiger partial charge in [-0.1, -0.05) is 0 Å². The third kappa shape index (κ3) is 4.99. The fraction of sp³-hybridized carbons (Fsp3) is 0.391. The van der Waals surface area contributed by atoms with Crippen LogP contribution in [-0.2, 0) is 14.3 Å². The van der Waals surface area contributed by atoms with Crippen LogP contribution in [0.1, 0.15) is 65.3 Å². The van der Waals surface area contributed by atoms with Crippen molar-refractivity contribution in [3.63, 3.8) is 0 Å². The molecule has 9 heteroatoms. The molecule has 1 aromatic carbocycles. The molecule has 0 atom stereocenters. The molecule has 1 aliphatic carbocycles. The van der Waals surface area contributed by atoms with Crippen LogP contribution in [0.2, 0.25) is 0 Å². The molecule has 1 fully saturated rings. The number of hydrogen-bond donors (Lipinski definition) is 1. The van der Waals surface area contributed by atoms with Crippen molar-refractivity contribution < 1.29 is 23.9 Å². The zero-order valence-corrected chi connectivity index (χ0v) is 18.9. The number of anilines is 2. The first-order valence-corrected chi connectivity index (χ1v) is 11.5. The maximum Gasteiger partial charge on any atom is 0.341 e. The summed E-state index contributed by atoms with van der Waals surface area (Å²) in [5.41, 5.74) is 3.64. The molecule has 0 radical (unpaired) electrons. The number of nitrogens with zero attached hydrogens (tertiary/aromatic N) is 2. The maximum atomic E-state index is 12.4. The van der Waals surface area contributed by atoms with Gasteiger partial charge in [0.15, 0.2) is 6.61 Å². The zero-order valence-electron chi connectivity index (χ0n) is 18.1. The van der Waals surface area contributed by atoms with E-state index in [0.717, 1.165) is 42.8 Å². The molecular formula is C23H25N3O5S. The lowest BCUT2D eigenvalue weighted by molar-refractivity contribution is -0.119. The second kappa shape index (κ2) is 9.52. The van der Waals surface area contributed by atoms with Crippen LogP contribution in [0.25, 0.3) is 0 Å². The van der Waals surface area contributed by atoms with E-state index in [4.69, 9.17) is 9.47 Å². The number of nitrogens with one attached hydrogen (secondary N) is 1. The van der Waals surface area contributed by atoms with Crippen molar-refractivity contribution in [2.24, 2.45) is 5.10 Å². The number of benzene rings is 1. The highest BCUT2D eigenvalue weighted by molar-refractivity contribution is 7.15. The number of ether oxygens (including phenoxy) is 2. The molecule has 2 aliphatic rings. The Bertz CT molecular complexity index is 1060. The van der Waals surface area contributed by atoms with Crippen LogP contribution in [0.3, 0.4) is 0 Å². The van der Waals surface area contributed by atoms with Gasteiger partial charge in [-0.25, -0.2) is 9.59 Å². The molecule has 168 valence electrons. The van der Waals surface area contributed by atoms with Gasteiger partial charge >= 0.3 is 11.9 Å². The fourth-order valence-corrected chi connectivity index (χ4v) is 4.53. The number of rotatable bonds is 8. The first-order chi connectivity index (χ1) is 15.5. The molecule has 0 bridgehead atoms. The van der Waals surface area contributed by atoms with E-state index >= 15 is 0 Å². The van der Waals surface area contributed by atoms with Crippen molar-refractivity contribution in [3.05, 3.63) is 46.3 Å². The average Bonchev–Trinajstić information content (AvgIpc) is 3.41. The summed E-state index contributed by atoms with van der Waals surface area (Å²) in [5, 5.41) is 11.3. The highest BCUT2D eigenvalue weighted by Crippen LogP contribution is 2.46. The number of amides is 1. The zero-order chi connectivity index (χ0) is 22.7. The summed E-state index contributed by atoms with van der Waals surface area (Å²) < 4.78 is 10.3. The molecule has 1 saturated carbocycles. The van der Waals surface area contributed by atoms with Crippen LogP contribution >= 0.6 is 11.3 Å².